The number of hydrogen-bond donors (Lipinski definition) is 12. The van der Waals surface area contributed by atoms with Gasteiger partial charge in [-0.2, -0.15) is 0 Å². The molecule has 0 bridgehead atoms. The molecule has 4 rings (SSSR count). The predicted octanol–water partition coefficient (Wildman–Crippen LogP) is -7.83. The standard InChI is InChI=1S/C23H45N5O13/c24-3-10-15(33)16(34)13(28)22(36-10)40-19-12(5-30)38-23(17(19)35)41-20-14(32)6(25)1-7(26)18(20)39-21-8(27)2-9(31)11(4-29)37-21/h6-23,29-35H,1-5,24-28H2/t6-,7-,8-,9-,10-,11+,12-,13+,14-,15+,16-,17+,18+,19+,20+,21-,22+,23-/m0/s1. The van der Waals surface area contributed by atoms with Crippen LogP contribution in [0.25, 0.3) is 0 Å². The van der Waals surface area contributed by atoms with Crippen LogP contribution in [0.4, 0.5) is 0 Å². The Bertz CT molecular complexity index is 837. The van der Waals surface area contributed by atoms with Gasteiger partial charge >= 0.3 is 0 Å². The summed E-state index contributed by atoms with van der Waals surface area (Å²) in [4.78, 5) is 0. The van der Waals surface area contributed by atoms with Crippen LogP contribution in [0.2, 0.25) is 0 Å². The fraction of sp³-hybridized carbons (Fsp3) is 1.00. The topological polar surface area (TPSA) is 327 Å². The zero-order valence-corrected chi connectivity index (χ0v) is 22.4. The maximum absolute atomic E-state index is 11.1. The molecule has 1 saturated carbocycles. The van der Waals surface area contributed by atoms with Gasteiger partial charge in [0.1, 0.15) is 54.9 Å². The lowest BCUT2D eigenvalue weighted by molar-refractivity contribution is -0.298. The molecule has 18 nitrogen and oxygen atoms in total. The van der Waals surface area contributed by atoms with E-state index in [1.54, 1.807) is 0 Å². The fourth-order valence-electron chi connectivity index (χ4n) is 5.68. The summed E-state index contributed by atoms with van der Waals surface area (Å²) in [7, 11) is 0. The summed E-state index contributed by atoms with van der Waals surface area (Å²) in [6, 6.07) is -3.65. The van der Waals surface area contributed by atoms with Crippen LogP contribution in [-0.4, -0.2) is 166 Å². The minimum atomic E-state index is -1.58. The largest absolute Gasteiger partial charge is 0.394 e. The van der Waals surface area contributed by atoms with Crippen molar-refractivity contribution < 1.29 is 64.2 Å². The van der Waals surface area contributed by atoms with Crippen molar-refractivity contribution >= 4 is 0 Å². The number of rotatable bonds is 9. The molecule has 0 aromatic rings. The van der Waals surface area contributed by atoms with Crippen LogP contribution < -0.4 is 28.7 Å². The molecule has 0 radical (unpaired) electrons. The first-order chi connectivity index (χ1) is 19.4. The Labute approximate surface area is 236 Å². The first kappa shape index (κ1) is 33.2. The Kier molecular flexibility index (Phi) is 11.3. The zero-order chi connectivity index (χ0) is 30.2. The van der Waals surface area contributed by atoms with Crippen molar-refractivity contribution in [3.05, 3.63) is 0 Å². The van der Waals surface area contributed by atoms with Gasteiger partial charge in [-0.25, -0.2) is 0 Å². The number of aliphatic hydroxyl groups is 7. The third-order valence-corrected chi connectivity index (χ3v) is 8.17. The van der Waals surface area contributed by atoms with Gasteiger partial charge in [0, 0.05) is 18.6 Å². The van der Waals surface area contributed by atoms with Crippen molar-refractivity contribution in [3.8, 4) is 0 Å². The Balaban J connectivity index is 1.48. The van der Waals surface area contributed by atoms with E-state index in [1.807, 2.05) is 0 Å². The summed E-state index contributed by atoms with van der Waals surface area (Å²) < 4.78 is 34.7. The summed E-state index contributed by atoms with van der Waals surface area (Å²) in [5.74, 6) is 0. The average molecular weight is 600 g/mol. The lowest BCUT2D eigenvalue weighted by Gasteiger charge is -2.46. The highest BCUT2D eigenvalue weighted by Gasteiger charge is 2.53. The molecule has 4 fully saturated rings. The van der Waals surface area contributed by atoms with Crippen LogP contribution in [0.3, 0.4) is 0 Å². The second-order valence-corrected chi connectivity index (χ2v) is 11.1. The number of hydrogen-bond acceptors (Lipinski definition) is 18. The Morgan fingerprint density at radius 2 is 1.15 bits per heavy atom. The van der Waals surface area contributed by atoms with Crippen molar-refractivity contribution in [1.29, 1.82) is 0 Å². The first-order valence-corrected chi connectivity index (χ1v) is 13.7. The van der Waals surface area contributed by atoms with Crippen LogP contribution in [0.1, 0.15) is 12.8 Å². The van der Waals surface area contributed by atoms with Crippen molar-refractivity contribution in [1.82, 2.24) is 0 Å². The Morgan fingerprint density at radius 1 is 0.561 bits per heavy atom. The average Bonchev–Trinajstić information content (AvgIpc) is 3.24. The van der Waals surface area contributed by atoms with Crippen LogP contribution in [0.15, 0.2) is 0 Å². The van der Waals surface area contributed by atoms with Gasteiger partial charge in [0.2, 0.25) is 0 Å². The molecule has 3 aliphatic heterocycles. The lowest BCUT2D eigenvalue weighted by Crippen LogP contribution is -2.66. The maximum atomic E-state index is 11.1. The molecular weight excluding hydrogens is 554 g/mol. The lowest BCUT2D eigenvalue weighted by atomic mass is 9.84. The van der Waals surface area contributed by atoms with Crippen molar-refractivity contribution in [2.45, 2.75) is 123 Å². The van der Waals surface area contributed by atoms with E-state index in [2.05, 4.69) is 0 Å². The molecule has 3 heterocycles. The molecule has 240 valence electrons. The SMILES string of the molecule is NC[C@@H]1O[C@H](O[C@H]2[C@@H](O)[C@H](O[C@@H]3[C@@H](O)[C@@H](N)C[C@H](N)[C@H]3O[C@@H]3O[C@H](CO)[C@@H](O)C[C@@H]3N)O[C@H]2CO)[C@H](N)[C@H](O)[C@@H]1O. The molecule has 0 amide bonds. The number of ether oxygens (including phenoxy) is 6. The highest BCUT2D eigenvalue weighted by Crippen LogP contribution is 2.34. The Hall–Kier alpha value is -0.720. The molecule has 3 saturated heterocycles. The van der Waals surface area contributed by atoms with E-state index in [0.717, 1.165) is 0 Å². The molecule has 0 aromatic carbocycles. The molecule has 4 aliphatic rings. The molecule has 18 heteroatoms. The molecule has 0 aromatic heterocycles. The van der Waals surface area contributed by atoms with Gasteiger partial charge in [0.25, 0.3) is 0 Å². The van der Waals surface area contributed by atoms with E-state index in [-0.39, 0.29) is 19.4 Å². The quantitative estimate of drug-likeness (QED) is 0.117. The van der Waals surface area contributed by atoms with Crippen LogP contribution in [0, 0.1) is 0 Å². The van der Waals surface area contributed by atoms with Crippen molar-refractivity contribution in [2.75, 3.05) is 19.8 Å². The van der Waals surface area contributed by atoms with E-state index >= 15 is 0 Å². The first-order valence-electron chi connectivity index (χ1n) is 13.7. The second-order valence-electron chi connectivity index (χ2n) is 11.1. The minimum absolute atomic E-state index is 0.0647. The molecule has 18 atom stereocenters. The van der Waals surface area contributed by atoms with E-state index in [1.165, 1.54) is 0 Å². The summed E-state index contributed by atoms with van der Waals surface area (Å²) in [6.07, 6.45) is -17.3. The highest BCUT2D eigenvalue weighted by molar-refractivity contribution is 5.01. The van der Waals surface area contributed by atoms with Gasteiger partial charge in [0.15, 0.2) is 18.9 Å². The monoisotopic (exact) mass is 599 g/mol. The molecule has 1 aliphatic carbocycles. The van der Waals surface area contributed by atoms with E-state index in [4.69, 9.17) is 57.1 Å². The maximum Gasteiger partial charge on any atom is 0.187 e. The number of nitrogens with two attached hydrogens (primary N) is 5. The smallest absolute Gasteiger partial charge is 0.187 e. The second kappa shape index (κ2) is 13.9. The summed E-state index contributed by atoms with van der Waals surface area (Å²) in [5.41, 5.74) is 30.1. The van der Waals surface area contributed by atoms with Gasteiger partial charge in [-0.05, 0) is 12.8 Å². The van der Waals surface area contributed by atoms with Gasteiger partial charge < -0.3 is 92.8 Å². The fourth-order valence-corrected chi connectivity index (χ4v) is 5.68. The molecular formula is C23H45N5O13. The predicted molar refractivity (Wildman–Crippen MR) is 135 cm³/mol. The van der Waals surface area contributed by atoms with E-state index in [0.29, 0.717) is 0 Å². The Morgan fingerprint density at radius 3 is 1.78 bits per heavy atom. The van der Waals surface area contributed by atoms with Gasteiger partial charge in [0.05, 0.1) is 37.5 Å². The van der Waals surface area contributed by atoms with Crippen LogP contribution in [0.5, 0.6) is 0 Å². The third kappa shape index (κ3) is 6.85. The summed E-state index contributed by atoms with van der Waals surface area (Å²) >= 11 is 0. The molecule has 41 heavy (non-hydrogen) atoms. The van der Waals surface area contributed by atoms with Crippen molar-refractivity contribution in [3.63, 3.8) is 0 Å². The normalized spacial score (nSPS) is 53.0. The van der Waals surface area contributed by atoms with E-state index in [9.17, 15) is 35.7 Å². The van der Waals surface area contributed by atoms with Crippen molar-refractivity contribution in [2.24, 2.45) is 28.7 Å². The summed E-state index contributed by atoms with van der Waals surface area (Å²) in [5, 5.41) is 72.0. The molecule has 0 unspecified atom stereocenters. The summed E-state index contributed by atoms with van der Waals surface area (Å²) in [6.45, 7) is -1.27. The third-order valence-electron chi connectivity index (χ3n) is 8.17. The number of aliphatic hydroxyl groups excluding tert-OH is 7. The van der Waals surface area contributed by atoms with Gasteiger partial charge in [-0.3, -0.25) is 0 Å². The van der Waals surface area contributed by atoms with Crippen LogP contribution >= 0.6 is 0 Å². The van der Waals surface area contributed by atoms with Gasteiger partial charge in [-0.1, -0.05) is 0 Å². The van der Waals surface area contributed by atoms with Gasteiger partial charge in [-0.15, -0.1) is 0 Å². The minimum Gasteiger partial charge on any atom is -0.394 e. The molecule has 0 spiro atoms. The van der Waals surface area contributed by atoms with Crippen LogP contribution in [-0.2, 0) is 28.4 Å². The zero-order valence-electron chi connectivity index (χ0n) is 22.4. The van der Waals surface area contributed by atoms with E-state index < -0.39 is 123 Å². The highest BCUT2D eigenvalue weighted by atomic mass is 16.8. The molecule has 17 N–H and O–H groups in total.